The summed E-state index contributed by atoms with van der Waals surface area (Å²) in [6.07, 6.45) is 2.36. The van der Waals surface area contributed by atoms with Crippen LogP contribution < -0.4 is 20.3 Å². The van der Waals surface area contributed by atoms with Gasteiger partial charge in [-0.05, 0) is 35.3 Å². The number of carbonyl (C=O) groups is 2. The van der Waals surface area contributed by atoms with Crippen LogP contribution in [0.2, 0.25) is 0 Å². The number of hydrazine groups is 1. The Morgan fingerprint density at radius 2 is 1.70 bits per heavy atom. The molecular weight excluding hydrogens is 394 g/mol. The first-order valence-corrected chi connectivity index (χ1v) is 9.12. The van der Waals surface area contributed by atoms with Crippen LogP contribution in [0.25, 0.3) is 6.08 Å². The highest BCUT2D eigenvalue weighted by Crippen LogP contribution is 2.33. The van der Waals surface area contributed by atoms with Gasteiger partial charge < -0.3 is 9.47 Å². The van der Waals surface area contributed by atoms with E-state index in [1.165, 1.54) is 25.3 Å². The Morgan fingerprint density at radius 3 is 2.27 bits per heavy atom. The molecule has 6 nitrogen and oxygen atoms in total. The van der Waals surface area contributed by atoms with Crippen LogP contribution in [0.15, 0.2) is 48.5 Å². The van der Waals surface area contributed by atoms with E-state index in [4.69, 9.17) is 4.74 Å². The lowest BCUT2D eigenvalue weighted by Gasteiger charge is -2.19. The molecule has 0 radical (unpaired) electrons. The molecule has 8 heteroatoms. The summed E-state index contributed by atoms with van der Waals surface area (Å²) in [6.45, 7) is 3.14. The van der Waals surface area contributed by atoms with E-state index < -0.39 is 18.4 Å². The molecule has 2 aromatic rings. The molecule has 0 spiro atoms. The zero-order valence-electron chi connectivity index (χ0n) is 17.2. The number of halogens is 2. The Balaban J connectivity index is 2.01. The van der Waals surface area contributed by atoms with E-state index >= 15 is 0 Å². The lowest BCUT2D eigenvalue weighted by Crippen LogP contribution is -2.40. The maximum atomic E-state index is 12.6. The maximum absolute atomic E-state index is 12.6. The highest BCUT2D eigenvalue weighted by Gasteiger charge is 2.15. The number of hydrogen-bond acceptors (Lipinski definition) is 4. The third kappa shape index (κ3) is 6.30. The van der Waals surface area contributed by atoms with Crippen molar-refractivity contribution in [3.05, 3.63) is 65.2 Å². The summed E-state index contributed by atoms with van der Waals surface area (Å²) in [5.74, 6) is -1.23. The van der Waals surface area contributed by atoms with Crippen LogP contribution in [-0.4, -0.2) is 25.5 Å². The SMILES string of the molecule is COc1cccc(/C=C/C(=O)NNC(=O)c2ccc(C(C)(C)C)cc2)c1OC(F)F. The van der Waals surface area contributed by atoms with E-state index in [0.29, 0.717) is 5.56 Å². The van der Waals surface area contributed by atoms with Crippen molar-refractivity contribution in [3.8, 4) is 11.5 Å². The van der Waals surface area contributed by atoms with Crippen LogP contribution in [0.1, 0.15) is 42.3 Å². The summed E-state index contributed by atoms with van der Waals surface area (Å²) >= 11 is 0. The average molecular weight is 418 g/mol. The lowest BCUT2D eigenvalue weighted by atomic mass is 9.87. The van der Waals surface area contributed by atoms with E-state index in [2.05, 4.69) is 36.4 Å². The monoisotopic (exact) mass is 418 g/mol. The lowest BCUT2D eigenvalue weighted by molar-refractivity contribution is -0.117. The van der Waals surface area contributed by atoms with Crippen LogP contribution in [-0.2, 0) is 10.2 Å². The Hall–Kier alpha value is -3.42. The summed E-state index contributed by atoms with van der Waals surface area (Å²) in [5, 5.41) is 0. The second kappa shape index (κ2) is 9.87. The first kappa shape index (κ1) is 22.9. The normalized spacial score (nSPS) is 11.4. The minimum atomic E-state index is -3.05. The van der Waals surface area contributed by atoms with E-state index in [0.717, 1.165) is 11.6 Å². The van der Waals surface area contributed by atoms with Crippen molar-refractivity contribution < 1.29 is 27.8 Å². The van der Waals surface area contributed by atoms with Gasteiger partial charge in [-0.3, -0.25) is 20.4 Å². The molecule has 160 valence electrons. The molecule has 0 saturated carbocycles. The molecule has 2 rings (SSSR count). The third-order valence-corrected chi connectivity index (χ3v) is 4.16. The molecule has 0 saturated heterocycles. The molecule has 0 heterocycles. The summed E-state index contributed by atoms with van der Waals surface area (Å²) in [5.41, 5.74) is 6.17. The highest BCUT2D eigenvalue weighted by molar-refractivity contribution is 5.98. The third-order valence-electron chi connectivity index (χ3n) is 4.16. The van der Waals surface area contributed by atoms with Crippen LogP contribution in [0, 0.1) is 0 Å². The van der Waals surface area contributed by atoms with Gasteiger partial charge in [0.05, 0.1) is 7.11 Å². The van der Waals surface area contributed by atoms with Crippen molar-refractivity contribution in [1.29, 1.82) is 0 Å². The van der Waals surface area contributed by atoms with Crippen LogP contribution in [0.3, 0.4) is 0 Å². The number of carbonyl (C=O) groups excluding carboxylic acids is 2. The fourth-order valence-electron chi connectivity index (χ4n) is 2.56. The molecule has 0 atom stereocenters. The number of amides is 2. The van der Waals surface area contributed by atoms with Crippen molar-refractivity contribution in [1.82, 2.24) is 10.9 Å². The summed E-state index contributed by atoms with van der Waals surface area (Å²) in [6, 6.07) is 11.6. The van der Waals surface area contributed by atoms with Crippen LogP contribution in [0.4, 0.5) is 8.78 Å². The number of benzene rings is 2. The van der Waals surface area contributed by atoms with Gasteiger partial charge in [-0.2, -0.15) is 8.78 Å². The summed E-state index contributed by atoms with van der Waals surface area (Å²) in [4.78, 5) is 24.2. The highest BCUT2D eigenvalue weighted by atomic mass is 19.3. The number of nitrogens with one attached hydrogen (secondary N) is 2. The first-order chi connectivity index (χ1) is 14.1. The van der Waals surface area contributed by atoms with Gasteiger partial charge in [0.1, 0.15) is 0 Å². The number of ether oxygens (including phenoxy) is 2. The minimum absolute atomic E-state index is 0.0407. The summed E-state index contributed by atoms with van der Waals surface area (Å²) in [7, 11) is 1.32. The standard InChI is InChI=1S/C22H24F2N2O4/c1-22(2,3)16-11-8-15(9-12-16)20(28)26-25-18(27)13-10-14-6-5-7-17(29-4)19(14)30-21(23)24/h5-13,21H,1-4H3,(H,25,27)(H,26,28)/b13-10+. The quantitative estimate of drug-likeness (QED) is 0.548. The van der Waals surface area contributed by atoms with Crippen molar-refractivity contribution in [2.75, 3.05) is 7.11 Å². The van der Waals surface area contributed by atoms with Gasteiger partial charge in [0.15, 0.2) is 11.5 Å². The van der Waals surface area contributed by atoms with Crippen molar-refractivity contribution in [2.45, 2.75) is 32.8 Å². The Bertz CT molecular complexity index is 920. The van der Waals surface area contributed by atoms with Gasteiger partial charge in [0, 0.05) is 17.2 Å². The molecule has 30 heavy (non-hydrogen) atoms. The number of methoxy groups -OCH3 is 1. The molecular formula is C22H24F2N2O4. The predicted octanol–water partition coefficient (Wildman–Crippen LogP) is 4.07. The Labute approximate surface area is 173 Å². The smallest absolute Gasteiger partial charge is 0.387 e. The Kier molecular flexibility index (Phi) is 7.52. The largest absolute Gasteiger partial charge is 0.493 e. The average Bonchev–Trinajstić information content (AvgIpc) is 2.70. The van der Waals surface area contributed by atoms with Gasteiger partial charge in [-0.25, -0.2) is 0 Å². The zero-order chi connectivity index (χ0) is 22.3. The first-order valence-electron chi connectivity index (χ1n) is 9.12. The molecule has 2 N–H and O–H groups in total. The maximum Gasteiger partial charge on any atom is 0.387 e. The van der Waals surface area contributed by atoms with Crippen molar-refractivity contribution >= 4 is 17.9 Å². The molecule has 0 fully saturated rings. The van der Waals surface area contributed by atoms with Gasteiger partial charge in [0.2, 0.25) is 0 Å². The van der Waals surface area contributed by atoms with Crippen molar-refractivity contribution in [3.63, 3.8) is 0 Å². The predicted molar refractivity (Wildman–Crippen MR) is 109 cm³/mol. The molecule has 0 unspecified atom stereocenters. The van der Waals surface area contributed by atoms with Gasteiger partial charge >= 0.3 is 6.61 Å². The van der Waals surface area contributed by atoms with Gasteiger partial charge in [0.25, 0.3) is 11.8 Å². The zero-order valence-corrected chi connectivity index (χ0v) is 17.2. The van der Waals surface area contributed by atoms with Crippen LogP contribution in [0.5, 0.6) is 11.5 Å². The molecule has 0 bridgehead atoms. The molecule has 2 aromatic carbocycles. The second-order valence-corrected chi connectivity index (χ2v) is 7.36. The van der Waals surface area contributed by atoms with Gasteiger partial charge in [-0.15, -0.1) is 0 Å². The minimum Gasteiger partial charge on any atom is -0.493 e. The number of hydrogen-bond donors (Lipinski definition) is 2. The number of para-hydroxylation sites is 1. The summed E-state index contributed by atoms with van der Waals surface area (Å²) < 4.78 is 34.8. The topological polar surface area (TPSA) is 76.7 Å². The fourth-order valence-corrected chi connectivity index (χ4v) is 2.56. The molecule has 0 aliphatic carbocycles. The molecule has 0 aromatic heterocycles. The number of alkyl halides is 2. The van der Waals surface area contributed by atoms with Crippen LogP contribution >= 0.6 is 0 Å². The van der Waals surface area contributed by atoms with Gasteiger partial charge in [-0.1, -0.05) is 45.0 Å². The molecule has 0 aliphatic rings. The van der Waals surface area contributed by atoms with E-state index in [1.807, 2.05) is 12.1 Å². The fraction of sp³-hybridized carbons (Fsp3) is 0.273. The van der Waals surface area contributed by atoms with E-state index in [1.54, 1.807) is 18.2 Å². The number of rotatable bonds is 6. The molecule has 2 amide bonds. The van der Waals surface area contributed by atoms with Crippen molar-refractivity contribution in [2.24, 2.45) is 0 Å². The van der Waals surface area contributed by atoms with E-state index in [9.17, 15) is 18.4 Å². The van der Waals surface area contributed by atoms with E-state index in [-0.39, 0.29) is 22.5 Å². The second-order valence-electron chi connectivity index (χ2n) is 7.36. The molecule has 0 aliphatic heterocycles. The Morgan fingerprint density at radius 1 is 1.03 bits per heavy atom.